The molecule has 0 bridgehead atoms. The topological polar surface area (TPSA) is 56.8 Å². The number of nitrogens with one attached hydrogen (secondary N) is 1. The molecule has 2 aromatic carbocycles. The number of aryl methyl sites for hydroxylation is 2. The molecule has 0 fully saturated rings. The zero-order valence-corrected chi connectivity index (χ0v) is 15.5. The van der Waals surface area contributed by atoms with Gasteiger partial charge >= 0.3 is 0 Å². The molecule has 0 saturated carbocycles. The van der Waals surface area contributed by atoms with Crippen LogP contribution in [-0.4, -0.2) is 31.3 Å². The predicted molar refractivity (Wildman–Crippen MR) is 100.0 cm³/mol. The van der Waals surface area contributed by atoms with Gasteiger partial charge in [-0.2, -0.15) is 0 Å². The van der Waals surface area contributed by atoms with Crippen molar-refractivity contribution in [2.24, 2.45) is 0 Å². The third kappa shape index (κ3) is 4.28. The number of hydrogen-bond donors (Lipinski definition) is 1. The minimum absolute atomic E-state index is 0.143. The smallest absolute Gasteiger partial charge is 0.261 e. The van der Waals surface area contributed by atoms with Crippen LogP contribution in [0.25, 0.3) is 0 Å². The van der Waals surface area contributed by atoms with Crippen LogP contribution in [-0.2, 0) is 4.79 Å². The number of rotatable bonds is 6. The van der Waals surface area contributed by atoms with E-state index in [0.717, 1.165) is 22.6 Å². The Bertz CT molecular complexity index is 774. The molecule has 0 spiro atoms. The zero-order valence-electron chi connectivity index (χ0n) is 15.5. The summed E-state index contributed by atoms with van der Waals surface area (Å²) in [5.74, 6) is 2.05. The highest BCUT2D eigenvalue weighted by atomic mass is 16.6. The Morgan fingerprint density at radius 1 is 1.23 bits per heavy atom. The van der Waals surface area contributed by atoms with Crippen LogP contribution in [0.2, 0.25) is 0 Å². The average Bonchev–Trinajstić information content (AvgIpc) is 2.66. The summed E-state index contributed by atoms with van der Waals surface area (Å²) < 4.78 is 17.5. The average molecular weight is 355 g/mol. The van der Waals surface area contributed by atoms with Crippen molar-refractivity contribution in [1.29, 1.82) is 0 Å². The summed E-state index contributed by atoms with van der Waals surface area (Å²) in [6.45, 7) is 6.70. The van der Waals surface area contributed by atoms with Crippen molar-refractivity contribution in [2.45, 2.75) is 39.4 Å². The van der Waals surface area contributed by atoms with E-state index < -0.39 is 6.10 Å². The summed E-state index contributed by atoms with van der Waals surface area (Å²) in [5.41, 5.74) is 2.12. The van der Waals surface area contributed by atoms with E-state index in [0.29, 0.717) is 25.3 Å². The SMILES string of the molecule is CC[C@H](Oc1cc(C)ccc1C)C(=O)NC[C@H]1COc2ccccc2O1. The molecule has 26 heavy (non-hydrogen) atoms. The third-order valence-corrected chi connectivity index (χ3v) is 4.35. The van der Waals surface area contributed by atoms with Crippen LogP contribution in [0.15, 0.2) is 42.5 Å². The van der Waals surface area contributed by atoms with Gasteiger partial charge in [0, 0.05) is 0 Å². The summed E-state index contributed by atoms with van der Waals surface area (Å²) in [6, 6.07) is 13.5. The maximum absolute atomic E-state index is 12.5. The fourth-order valence-electron chi connectivity index (χ4n) is 2.80. The summed E-state index contributed by atoms with van der Waals surface area (Å²) in [5, 5.41) is 2.92. The van der Waals surface area contributed by atoms with Gasteiger partial charge in [0.05, 0.1) is 6.54 Å². The number of para-hydroxylation sites is 2. The number of fused-ring (bicyclic) bond motifs is 1. The maximum atomic E-state index is 12.5. The molecule has 3 rings (SSSR count). The minimum atomic E-state index is -0.535. The van der Waals surface area contributed by atoms with Crippen molar-refractivity contribution in [3.63, 3.8) is 0 Å². The van der Waals surface area contributed by atoms with E-state index in [1.54, 1.807) is 0 Å². The van der Waals surface area contributed by atoms with Crippen LogP contribution < -0.4 is 19.5 Å². The van der Waals surface area contributed by atoms with Crippen LogP contribution in [0.1, 0.15) is 24.5 Å². The van der Waals surface area contributed by atoms with Gasteiger partial charge in [0.25, 0.3) is 5.91 Å². The van der Waals surface area contributed by atoms with E-state index in [4.69, 9.17) is 14.2 Å². The predicted octanol–water partition coefficient (Wildman–Crippen LogP) is 3.42. The van der Waals surface area contributed by atoms with Gasteiger partial charge in [0.15, 0.2) is 17.6 Å². The first-order chi connectivity index (χ1) is 12.6. The van der Waals surface area contributed by atoms with Crippen LogP contribution in [0.5, 0.6) is 17.2 Å². The summed E-state index contributed by atoms with van der Waals surface area (Å²) >= 11 is 0. The van der Waals surface area contributed by atoms with Gasteiger partial charge < -0.3 is 19.5 Å². The largest absolute Gasteiger partial charge is 0.486 e. The van der Waals surface area contributed by atoms with Gasteiger partial charge in [-0.05, 0) is 49.6 Å². The Balaban J connectivity index is 1.56. The van der Waals surface area contributed by atoms with E-state index >= 15 is 0 Å². The molecule has 1 amide bonds. The molecule has 0 unspecified atom stereocenters. The number of ether oxygens (including phenoxy) is 3. The van der Waals surface area contributed by atoms with E-state index in [9.17, 15) is 4.79 Å². The monoisotopic (exact) mass is 355 g/mol. The number of carbonyl (C=O) groups excluding carboxylic acids is 1. The van der Waals surface area contributed by atoms with E-state index in [-0.39, 0.29) is 12.0 Å². The Morgan fingerprint density at radius 2 is 2.00 bits per heavy atom. The van der Waals surface area contributed by atoms with Gasteiger partial charge in [-0.1, -0.05) is 31.2 Å². The quantitative estimate of drug-likeness (QED) is 0.863. The number of benzene rings is 2. The highest BCUT2D eigenvalue weighted by molar-refractivity contribution is 5.81. The standard InChI is InChI=1S/C21H25NO4/c1-4-17(26-20-11-14(2)9-10-15(20)3)21(23)22-12-16-13-24-18-7-5-6-8-19(18)25-16/h5-11,16-17H,4,12-13H2,1-3H3,(H,22,23)/t16-,17-/m0/s1. The number of amides is 1. The maximum Gasteiger partial charge on any atom is 0.261 e. The molecule has 1 aliphatic rings. The highest BCUT2D eigenvalue weighted by Crippen LogP contribution is 2.30. The molecule has 5 heteroatoms. The van der Waals surface area contributed by atoms with Crippen molar-refractivity contribution >= 4 is 5.91 Å². The van der Waals surface area contributed by atoms with E-state index in [1.165, 1.54) is 0 Å². The molecule has 0 aromatic heterocycles. The molecule has 0 saturated heterocycles. The minimum Gasteiger partial charge on any atom is -0.486 e. The van der Waals surface area contributed by atoms with Crippen LogP contribution >= 0.6 is 0 Å². The molecule has 5 nitrogen and oxygen atoms in total. The first kappa shape index (κ1) is 18.1. The van der Waals surface area contributed by atoms with E-state index in [2.05, 4.69) is 5.32 Å². The van der Waals surface area contributed by atoms with Crippen LogP contribution in [0.3, 0.4) is 0 Å². The lowest BCUT2D eigenvalue weighted by atomic mass is 10.1. The second-order valence-electron chi connectivity index (χ2n) is 6.53. The second kappa shape index (κ2) is 8.13. The van der Waals surface area contributed by atoms with Gasteiger partial charge in [0.2, 0.25) is 0 Å². The molecule has 0 radical (unpaired) electrons. The molecule has 1 aliphatic heterocycles. The molecular weight excluding hydrogens is 330 g/mol. The van der Waals surface area contributed by atoms with Gasteiger partial charge in [0.1, 0.15) is 18.5 Å². The summed E-state index contributed by atoms with van der Waals surface area (Å²) in [7, 11) is 0. The van der Waals surface area contributed by atoms with Crippen LogP contribution in [0, 0.1) is 13.8 Å². The normalized spacial score (nSPS) is 16.7. The number of carbonyl (C=O) groups is 1. The summed E-state index contributed by atoms with van der Waals surface area (Å²) in [4.78, 5) is 12.5. The lowest BCUT2D eigenvalue weighted by molar-refractivity contribution is -0.128. The fourth-order valence-corrected chi connectivity index (χ4v) is 2.80. The Hall–Kier alpha value is -2.69. The lowest BCUT2D eigenvalue weighted by Gasteiger charge is -2.27. The molecule has 138 valence electrons. The lowest BCUT2D eigenvalue weighted by Crippen LogP contribution is -2.45. The molecule has 1 N–H and O–H groups in total. The zero-order chi connectivity index (χ0) is 18.5. The first-order valence-corrected chi connectivity index (χ1v) is 8.97. The van der Waals surface area contributed by atoms with Crippen LogP contribution in [0.4, 0.5) is 0 Å². The van der Waals surface area contributed by atoms with Crippen molar-refractivity contribution in [3.8, 4) is 17.2 Å². The van der Waals surface area contributed by atoms with Crippen molar-refractivity contribution in [2.75, 3.05) is 13.2 Å². The Kier molecular flexibility index (Phi) is 5.66. The van der Waals surface area contributed by atoms with Gasteiger partial charge in [-0.3, -0.25) is 4.79 Å². The van der Waals surface area contributed by atoms with Crippen molar-refractivity contribution in [1.82, 2.24) is 5.32 Å². The highest BCUT2D eigenvalue weighted by Gasteiger charge is 2.24. The van der Waals surface area contributed by atoms with E-state index in [1.807, 2.05) is 63.2 Å². The molecule has 2 aromatic rings. The third-order valence-electron chi connectivity index (χ3n) is 4.35. The molecule has 1 heterocycles. The Morgan fingerprint density at radius 3 is 2.77 bits per heavy atom. The van der Waals surface area contributed by atoms with Gasteiger partial charge in [-0.15, -0.1) is 0 Å². The number of hydrogen-bond acceptors (Lipinski definition) is 4. The fraction of sp³-hybridized carbons (Fsp3) is 0.381. The first-order valence-electron chi connectivity index (χ1n) is 8.97. The molecule has 0 aliphatic carbocycles. The summed E-state index contributed by atoms with van der Waals surface area (Å²) in [6.07, 6.45) is -0.163. The van der Waals surface area contributed by atoms with Gasteiger partial charge in [-0.25, -0.2) is 0 Å². The Labute approximate surface area is 154 Å². The van der Waals surface area contributed by atoms with Crippen molar-refractivity contribution in [3.05, 3.63) is 53.6 Å². The second-order valence-corrected chi connectivity index (χ2v) is 6.53. The van der Waals surface area contributed by atoms with Crippen molar-refractivity contribution < 1.29 is 19.0 Å². The molecule has 2 atom stereocenters. The molecular formula is C21H25NO4.